The molecule has 0 unspecified atom stereocenters. The highest BCUT2D eigenvalue weighted by molar-refractivity contribution is 5.26. The van der Waals surface area contributed by atoms with Crippen LogP contribution in [0.25, 0.3) is 0 Å². The standard InChI is InChI=1S/C30H47NO6/c1-6-7-8-9-11-22(2)29-28(37-21-34-4)18-25-26(12-10-13-27(25)31(32)33)30(29,3)20-36-19-23-14-16-24(35-5)17-15-23/h10,12,14-17,22,25-29H,6-9,11,13,18-21H2,1-5H3/t22-,25+,26-,27+,28+,29+,30+/m1/s1. The van der Waals surface area contributed by atoms with Crippen molar-refractivity contribution < 1.29 is 23.9 Å². The molecule has 0 amide bonds. The van der Waals surface area contributed by atoms with Crippen molar-refractivity contribution in [1.82, 2.24) is 0 Å². The number of methoxy groups -OCH3 is 2. The number of hydrogen-bond acceptors (Lipinski definition) is 6. The van der Waals surface area contributed by atoms with Crippen LogP contribution in [0.5, 0.6) is 5.75 Å². The molecule has 2 aliphatic rings. The van der Waals surface area contributed by atoms with Crippen LogP contribution in [-0.4, -0.2) is 44.7 Å². The van der Waals surface area contributed by atoms with Crippen molar-refractivity contribution in [3.05, 3.63) is 52.1 Å². The molecule has 1 aromatic carbocycles. The quantitative estimate of drug-likeness (QED) is 0.0850. The van der Waals surface area contributed by atoms with Gasteiger partial charge in [0.2, 0.25) is 6.04 Å². The first-order chi connectivity index (χ1) is 17.8. The average molecular weight is 518 g/mol. The van der Waals surface area contributed by atoms with Gasteiger partial charge in [0.05, 0.1) is 26.4 Å². The van der Waals surface area contributed by atoms with Gasteiger partial charge in [-0.1, -0.05) is 77.2 Å². The smallest absolute Gasteiger partial charge is 0.220 e. The lowest BCUT2D eigenvalue weighted by Crippen LogP contribution is -2.58. The van der Waals surface area contributed by atoms with Gasteiger partial charge < -0.3 is 18.9 Å². The van der Waals surface area contributed by atoms with E-state index in [0.29, 0.717) is 32.0 Å². The molecule has 0 aliphatic heterocycles. The van der Waals surface area contributed by atoms with Gasteiger partial charge in [-0.05, 0) is 41.9 Å². The van der Waals surface area contributed by atoms with Crippen molar-refractivity contribution in [2.75, 3.05) is 27.6 Å². The van der Waals surface area contributed by atoms with Crippen molar-refractivity contribution in [2.24, 2.45) is 29.1 Å². The Morgan fingerprint density at radius 2 is 1.92 bits per heavy atom. The van der Waals surface area contributed by atoms with E-state index in [-0.39, 0.29) is 41.0 Å². The monoisotopic (exact) mass is 517 g/mol. The minimum atomic E-state index is -0.592. The van der Waals surface area contributed by atoms with Crippen molar-refractivity contribution >= 4 is 0 Å². The van der Waals surface area contributed by atoms with Gasteiger partial charge in [0.15, 0.2) is 0 Å². The Morgan fingerprint density at radius 1 is 1.16 bits per heavy atom. The van der Waals surface area contributed by atoms with Gasteiger partial charge in [-0.2, -0.15) is 0 Å². The number of ether oxygens (including phenoxy) is 4. The van der Waals surface area contributed by atoms with E-state index in [9.17, 15) is 10.1 Å². The van der Waals surface area contributed by atoms with Crippen LogP contribution in [-0.2, 0) is 20.8 Å². The third-order valence-corrected chi connectivity index (χ3v) is 8.74. The lowest BCUT2D eigenvalue weighted by molar-refractivity contribution is -0.537. The van der Waals surface area contributed by atoms with Crippen LogP contribution in [0.15, 0.2) is 36.4 Å². The number of fused-ring (bicyclic) bond motifs is 1. The molecule has 7 nitrogen and oxygen atoms in total. The number of rotatable bonds is 15. The molecule has 0 N–H and O–H groups in total. The van der Waals surface area contributed by atoms with Gasteiger partial charge in [-0.25, -0.2) is 0 Å². The molecule has 0 aromatic heterocycles. The lowest BCUT2D eigenvalue weighted by Gasteiger charge is -2.56. The van der Waals surface area contributed by atoms with Crippen LogP contribution in [0.4, 0.5) is 0 Å². The normalized spacial score (nSPS) is 30.0. The first-order valence-corrected chi connectivity index (χ1v) is 14.0. The van der Waals surface area contributed by atoms with E-state index in [1.807, 2.05) is 30.3 Å². The Balaban J connectivity index is 1.88. The number of nitrogens with zero attached hydrogens (tertiary/aromatic N) is 1. The zero-order chi connectivity index (χ0) is 26.8. The maximum Gasteiger partial charge on any atom is 0.220 e. The van der Waals surface area contributed by atoms with E-state index < -0.39 is 6.04 Å². The summed E-state index contributed by atoms with van der Waals surface area (Å²) in [6, 6.07) is 7.33. The third-order valence-electron chi connectivity index (χ3n) is 8.74. The second-order valence-corrected chi connectivity index (χ2v) is 11.3. The largest absolute Gasteiger partial charge is 0.497 e. The summed E-state index contributed by atoms with van der Waals surface area (Å²) < 4.78 is 23.3. The Morgan fingerprint density at radius 3 is 2.57 bits per heavy atom. The first kappa shape index (κ1) is 29.6. The average Bonchev–Trinajstić information content (AvgIpc) is 2.89. The van der Waals surface area contributed by atoms with E-state index in [0.717, 1.165) is 17.7 Å². The van der Waals surface area contributed by atoms with Crippen LogP contribution in [0.1, 0.15) is 71.3 Å². The van der Waals surface area contributed by atoms with Crippen molar-refractivity contribution in [2.45, 2.75) is 84.5 Å². The SMILES string of the molecule is CCCCCC[C@@H](C)[C@H]1[C@@H](OCOC)C[C@H]2[C@@H](C=CC[C@@H]2[N+](=O)[O-])[C@]1(C)COCc1ccc(OC)cc1. The first-order valence-electron chi connectivity index (χ1n) is 14.0. The van der Waals surface area contributed by atoms with E-state index in [1.54, 1.807) is 14.2 Å². The fourth-order valence-corrected chi connectivity index (χ4v) is 6.96. The molecule has 0 radical (unpaired) electrons. The Hall–Kier alpha value is -1.96. The summed E-state index contributed by atoms with van der Waals surface area (Å²) in [6.07, 6.45) is 11.3. The molecule has 2 aliphatic carbocycles. The number of hydrogen-bond donors (Lipinski definition) is 0. The minimum Gasteiger partial charge on any atom is -0.497 e. The van der Waals surface area contributed by atoms with Gasteiger partial charge in [-0.15, -0.1) is 0 Å². The molecule has 0 bridgehead atoms. The van der Waals surface area contributed by atoms with Crippen LogP contribution in [0.3, 0.4) is 0 Å². The third kappa shape index (κ3) is 7.33. The predicted octanol–water partition coefficient (Wildman–Crippen LogP) is 6.67. The van der Waals surface area contributed by atoms with Crippen LogP contribution >= 0.6 is 0 Å². The van der Waals surface area contributed by atoms with E-state index in [4.69, 9.17) is 18.9 Å². The fourth-order valence-electron chi connectivity index (χ4n) is 6.96. The minimum absolute atomic E-state index is 0.0676. The predicted molar refractivity (Wildman–Crippen MR) is 145 cm³/mol. The Bertz CT molecular complexity index is 858. The number of benzene rings is 1. The fraction of sp³-hybridized carbons (Fsp3) is 0.733. The molecule has 1 saturated carbocycles. The molecule has 1 aromatic rings. The van der Waals surface area contributed by atoms with Crippen LogP contribution in [0, 0.1) is 39.2 Å². The summed E-state index contributed by atoms with van der Waals surface area (Å²) >= 11 is 0. The Kier molecular flexibility index (Phi) is 11.4. The van der Waals surface area contributed by atoms with Crippen LogP contribution < -0.4 is 4.74 Å². The second kappa shape index (κ2) is 14.3. The molecule has 7 heteroatoms. The molecule has 0 heterocycles. The van der Waals surface area contributed by atoms with Crippen molar-refractivity contribution in [3.63, 3.8) is 0 Å². The summed E-state index contributed by atoms with van der Waals surface area (Å²) in [5.41, 5.74) is 0.777. The topological polar surface area (TPSA) is 80.1 Å². The number of allylic oxidation sites excluding steroid dienone is 1. The molecule has 0 spiro atoms. The molecule has 7 atom stereocenters. The number of nitro groups is 1. The molecule has 1 fully saturated rings. The van der Waals surface area contributed by atoms with Crippen molar-refractivity contribution in [3.8, 4) is 5.75 Å². The molecule has 3 rings (SSSR count). The summed E-state index contributed by atoms with van der Waals surface area (Å²) in [4.78, 5) is 12.0. The highest BCUT2D eigenvalue weighted by Gasteiger charge is 2.58. The van der Waals surface area contributed by atoms with Crippen LogP contribution in [0.2, 0.25) is 0 Å². The Labute approximate surface area is 223 Å². The highest BCUT2D eigenvalue weighted by atomic mass is 16.7. The van der Waals surface area contributed by atoms with E-state index >= 15 is 0 Å². The van der Waals surface area contributed by atoms with Gasteiger partial charge in [0.25, 0.3) is 0 Å². The van der Waals surface area contributed by atoms with Crippen molar-refractivity contribution in [1.29, 1.82) is 0 Å². The molecule has 37 heavy (non-hydrogen) atoms. The highest BCUT2D eigenvalue weighted by Crippen LogP contribution is 2.56. The van der Waals surface area contributed by atoms with E-state index in [1.165, 1.54) is 25.7 Å². The summed E-state index contributed by atoms with van der Waals surface area (Å²) in [5, 5.41) is 12.1. The molecule has 208 valence electrons. The molecule has 0 saturated heterocycles. The summed E-state index contributed by atoms with van der Waals surface area (Å²) in [7, 11) is 3.29. The zero-order valence-corrected chi connectivity index (χ0v) is 23.4. The van der Waals surface area contributed by atoms with Gasteiger partial charge >= 0.3 is 0 Å². The van der Waals surface area contributed by atoms with Gasteiger partial charge in [0.1, 0.15) is 12.5 Å². The molecular formula is C30H47NO6. The summed E-state index contributed by atoms with van der Waals surface area (Å²) in [6.45, 7) is 8.05. The van der Waals surface area contributed by atoms with Gasteiger partial charge in [-0.3, -0.25) is 10.1 Å². The lowest BCUT2D eigenvalue weighted by atomic mass is 9.51. The summed E-state index contributed by atoms with van der Waals surface area (Å²) in [5.74, 6) is 1.41. The maximum atomic E-state index is 12.1. The zero-order valence-electron chi connectivity index (χ0n) is 23.4. The van der Waals surface area contributed by atoms with E-state index in [2.05, 4.69) is 26.8 Å². The number of unbranched alkanes of at least 4 members (excludes halogenated alkanes) is 3. The molecular weight excluding hydrogens is 470 g/mol. The maximum absolute atomic E-state index is 12.1. The second-order valence-electron chi connectivity index (χ2n) is 11.3. The van der Waals surface area contributed by atoms with Gasteiger partial charge in [0, 0.05) is 29.8 Å².